The fourth-order valence-corrected chi connectivity index (χ4v) is 3.89. The molecule has 1 aliphatic heterocycles. The van der Waals surface area contributed by atoms with Crippen LogP contribution in [0.3, 0.4) is 0 Å². The zero-order chi connectivity index (χ0) is 20.0. The summed E-state index contributed by atoms with van der Waals surface area (Å²) in [6.07, 6.45) is 9.08. The van der Waals surface area contributed by atoms with E-state index in [2.05, 4.69) is 69.9 Å². The maximum absolute atomic E-state index is 4.42. The van der Waals surface area contributed by atoms with E-state index < -0.39 is 0 Å². The van der Waals surface area contributed by atoms with E-state index in [4.69, 9.17) is 0 Å². The van der Waals surface area contributed by atoms with Gasteiger partial charge in [-0.25, -0.2) is 0 Å². The van der Waals surface area contributed by atoms with Crippen LogP contribution in [-0.4, -0.2) is 69.6 Å². The van der Waals surface area contributed by atoms with E-state index in [9.17, 15) is 0 Å². The normalized spacial score (nSPS) is 16.5. The number of likely N-dealkylation sites (tertiary alicyclic amines) is 1. The predicted octanol–water partition coefficient (Wildman–Crippen LogP) is 3.50. The number of benzene rings is 1. The van der Waals surface area contributed by atoms with Gasteiger partial charge in [0, 0.05) is 20.1 Å². The molecule has 1 fully saturated rings. The molecule has 1 saturated heterocycles. The van der Waals surface area contributed by atoms with Gasteiger partial charge in [0.2, 0.25) is 0 Å². The van der Waals surface area contributed by atoms with Crippen molar-refractivity contribution in [2.24, 2.45) is 4.99 Å². The Bertz CT molecular complexity index is 537. The average molecular weight is 388 g/mol. The third-order valence-corrected chi connectivity index (χ3v) is 5.53. The lowest BCUT2D eigenvalue weighted by Gasteiger charge is -2.29. The van der Waals surface area contributed by atoms with E-state index in [0.717, 1.165) is 19.0 Å². The molecule has 28 heavy (non-hydrogen) atoms. The topological polar surface area (TPSA) is 42.9 Å². The standard InChI is InChI=1S/C23H41N5/c1-24-23(25-16-10-5-4-6-11-17-27(2)3)26-20-22(28-18-12-13-19-28)21-14-8-7-9-15-21/h7-9,14-15,22H,4-6,10-13,16-20H2,1-3H3,(H2,24,25,26). The molecule has 1 atom stereocenters. The Morgan fingerprint density at radius 3 is 2.36 bits per heavy atom. The monoisotopic (exact) mass is 387 g/mol. The number of aliphatic imine (C=N–C) groups is 1. The zero-order valence-corrected chi connectivity index (χ0v) is 18.3. The molecule has 0 aromatic heterocycles. The molecule has 0 bridgehead atoms. The minimum absolute atomic E-state index is 0.416. The van der Waals surface area contributed by atoms with E-state index >= 15 is 0 Å². The van der Waals surface area contributed by atoms with Crippen LogP contribution in [0.4, 0.5) is 0 Å². The van der Waals surface area contributed by atoms with Gasteiger partial charge in [0.25, 0.3) is 0 Å². The van der Waals surface area contributed by atoms with Crippen LogP contribution in [0, 0.1) is 0 Å². The maximum Gasteiger partial charge on any atom is 0.191 e. The van der Waals surface area contributed by atoms with Crippen molar-refractivity contribution >= 4 is 5.96 Å². The summed E-state index contributed by atoms with van der Waals surface area (Å²) in [7, 11) is 6.16. The molecule has 5 heteroatoms. The smallest absolute Gasteiger partial charge is 0.191 e. The molecule has 1 heterocycles. The van der Waals surface area contributed by atoms with Gasteiger partial charge in [-0.15, -0.1) is 0 Å². The lowest BCUT2D eigenvalue weighted by molar-refractivity contribution is 0.245. The Labute approximate surface area is 172 Å². The molecule has 158 valence electrons. The Hall–Kier alpha value is -1.59. The van der Waals surface area contributed by atoms with E-state index in [1.165, 1.54) is 70.1 Å². The van der Waals surface area contributed by atoms with E-state index in [1.54, 1.807) is 0 Å². The first-order valence-electron chi connectivity index (χ1n) is 11.1. The molecule has 0 saturated carbocycles. The SMILES string of the molecule is CN=C(NCCCCCCCN(C)C)NCC(c1ccccc1)N1CCCC1. The van der Waals surface area contributed by atoms with Crippen LogP contribution in [0.5, 0.6) is 0 Å². The molecular formula is C23H41N5. The molecule has 5 nitrogen and oxygen atoms in total. The lowest BCUT2D eigenvalue weighted by Crippen LogP contribution is -2.42. The van der Waals surface area contributed by atoms with Gasteiger partial charge < -0.3 is 15.5 Å². The van der Waals surface area contributed by atoms with Gasteiger partial charge in [-0.05, 0) is 65.0 Å². The van der Waals surface area contributed by atoms with Crippen molar-refractivity contribution in [3.63, 3.8) is 0 Å². The Morgan fingerprint density at radius 1 is 1.00 bits per heavy atom. The summed E-state index contributed by atoms with van der Waals surface area (Å²) in [5, 5.41) is 7.05. The molecule has 0 radical (unpaired) electrons. The Kier molecular flexibility index (Phi) is 11.0. The van der Waals surface area contributed by atoms with Gasteiger partial charge in [0.05, 0.1) is 6.04 Å². The third kappa shape index (κ3) is 8.61. The highest BCUT2D eigenvalue weighted by Gasteiger charge is 2.23. The summed E-state index contributed by atoms with van der Waals surface area (Å²) in [4.78, 5) is 9.28. The van der Waals surface area contributed by atoms with Gasteiger partial charge >= 0.3 is 0 Å². The number of rotatable bonds is 12. The summed E-state index contributed by atoms with van der Waals surface area (Å²) in [6.45, 7) is 5.48. The van der Waals surface area contributed by atoms with E-state index in [1.807, 2.05) is 7.05 Å². The molecule has 0 amide bonds. The second-order valence-electron chi connectivity index (χ2n) is 8.12. The second kappa shape index (κ2) is 13.6. The molecule has 2 rings (SSSR count). The van der Waals surface area contributed by atoms with Crippen LogP contribution in [0.25, 0.3) is 0 Å². The number of guanidine groups is 1. The summed E-state index contributed by atoms with van der Waals surface area (Å²) < 4.78 is 0. The summed E-state index contributed by atoms with van der Waals surface area (Å²) in [5.41, 5.74) is 1.39. The predicted molar refractivity (Wildman–Crippen MR) is 121 cm³/mol. The minimum atomic E-state index is 0.416. The quantitative estimate of drug-likeness (QED) is 0.327. The number of unbranched alkanes of at least 4 members (excludes halogenated alkanes) is 4. The van der Waals surface area contributed by atoms with Gasteiger partial charge in [0.1, 0.15) is 0 Å². The average Bonchev–Trinajstić information content (AvgIpc) is 3.23. The van der Waals surface area contributed by atoms with Gasteiger partial charge in [-0.3, -0.25) is 9.89 Å². The van der Waals surface area contributed by atoms with Crippen molar-refractivity contribution in [3.05, 3.63) is 35.9 Å². The van der Waals surface area contributed by atoms with Gasteiger partial charge in [-0.2, -0.15) is 0 Å². The Balaban J connectivity index is 1.68. The van der Waals surface area contributed by atoms with Crippen molar-refractivity contribution < 1.29 is 0 Å². The largest absolute Gasteiger partial charge is 0.356 e. The molecule has 0 spiro atoms. The second-order valence-corrected chi connectivity index (χ2v) is 8.12. The highest BCUT2D eigenvalue weighted by atomic mass is 15.2. The molecule has 1 aromatic rings. The molecule has 1 aliphatic rings. The van der Waals surface area contributed by atoms with Crippen molar-refractivity contribution in [2.75, 3.05) is 53.9 Å². The van der Waals surface area contributed by atoms with Crippen molar-refractivity contribution in [3.8, 4) is 0 Å². The van der Waals surface area contributed by atoms with Crippen molar-refractivity contribution in [1.82, 2.24) is 20.4 Å². The van der Waals surface area contributed by atoms with Crippen LogP contribution in [0.1, 0.15) is 56.6 Å². The Morgan fingerprint density at radius 2 is 1.68 bits per heavy atom. The number of hydrogen-bond donors (Lipinski definition) is 2. The molecule has 2 N–H and O–H groups in total. The van der Waals surface area contributed by atoms with Crippen molar-refractivity contribution in [1.29, 1.82) is 0 Å². The fraction of sp³-hybridized carbons (Fsp3) is 0.696. The molecular weight excluding hydrogens is 346 g/mol. The summed E-state index contributed by atoms with van der Waals surface area (Å²) in [6, 6.07) is 11.3. The summed E-state index contributed by atoms with van der Waals surface area (Å²) >= 11 is 0. The number of nitrogens with one attached hydrogen (secondary N) is 2. The van der Waals surface area contributed by atoms with E-state index in [0.29, 0.717) is 6.04 Å². The molecule has 1 aromatic carbocycles. The lowest BCUT2D eigenvalue weighted by atomic mass is 10.1. The van der Waals surface area contributed by atoms with Crippen LogP contribution < -0.4 is 10.6 Å². The van der Waals surface area contributed by atoms with Crippen LogP contribution in [-0.2, 0) is 0 Å². The third-order valence-electron chi connectivity index (χ3n) is 5.53. The van der Waals surface area contributed by atoms with Gasteiger partial charge in [0.15, 0.2) is 5.96 Å². The number of hydrogen-bond acceptors (Lipinski definition) is 3. The van der Waals surface area contributed by atoms with Crippen LogP contribution in [0.2, 0.25) is 0 Å². The number of nitrogens with zero attached hydrogens (tertiary/aromatic N) is 3. The van der Waals surface area contributed by atoms with Gasteiger partial charge in [-0.1, -0.05) is 49.6 Å². The van der Waals surface area contributed by atoms with Crippen LogP contribution >= 0.6 is 0 Å². The molecule has 0 aliphatic carbocycles. The highest BCUT2D eigenvalue weighted by Crippen LogP contribution is 2.24. The first-order valence-corrected chi connectivity index (χ1v) is 11.1. The first-order chi connectivity index (χ1) is 13.7. The molecule has 1 unspecified atom stereocenters. The maximum atomic E-state index is 4.42. The van der Waals surface area contributed by atoms with Crippen LogP contribution in [0.15, 0.2) is 35.3 Å². The first kappa shape index (κ1) is 22.7. The summed E-state index contributed by atoms with van der Waals surface area (Å²) in [5.74, 6) is 0.924. The minimum Gasteiger partial charge on any atom is -0.356 e. The zero-order valence-electron chi connectivity index (χ0n) is 18.3. The van der Waals surface area contributed by atoms with E-state index in [-0.39, 0.29) is 0 Å². The fourth-order valence-electron chi connectivity index (χ4n) is 3.89. The van der Waals surface area contributed by atoms with Crippen molar-refractivity contribution in [2.45, 2.75) is 51.0 Å². The highest BCUT2D eigenvalue weighted by molar-refractivity contribution is 5.79.